The van der Waals surface area contributed by atoms with Crippen molar-refractivity contribution in [2.24, 2.45) is 0 Å². The van der Waals surface area contributed by atoms with Crippen molar-refractivity contribution >= 4 is 11.9 Å². The first-order valence-electron chi connectivity index (χ1n) is 4.74. The minimum absolute atomic E-state index is 0.0525. The molecule has 0 fully saturated rings. The van der Waals surface area contributed by atoms with Gasteiger partial charge in [0.15, 0.2) is 0 Å². The fraction of sp³-hybridized carbons (Fsp3) is 0.556. The number of nitrogens with zero attached hydrogens (tertiary/aromatic N) is 3. The molecule has 16 heavy (non-hydrogen) atoms. The summed E-state index contributed by atoms with van der Waals surface area (Å²) in [5, 5.41) is 3.49. The Morgan fingerprint density at radius 3 is 2.62 bits per heavy atom. The molecule has 0 bridgehead atoms. The molecule has 88 valence electrons. The number of rotatable bonds is 4. The highest BCUT2D eigenvalue weighted by Crippen LogP contribution is 2.01. The molecule has 1 heterocycles. The van der Waals surface area contributed by atoms with Crippen LogP contribution >= 0.6 is 0 Å². The molecule has 0 saturated heterocycles. The van der Waals surface area contributed by atoms with Crippen LogP contribution in [-0.4, -0.2) is 47.1 Å². The number of hydrogen-bond donors (Lipinski definition) is 0. The average Bonchev–Trinajstić information content (AvgIpc) is 2.71. The number of likely N-dealkylation sites (N-methyl/N-ethyl adjacent to an activating group) is 1. The molecule has 0 atom stereocenters. The van der Waals surface area contributed by atoms with Gasteiger partial charge in [0.2, 0.25) is 5.89 Å². The highest BCUT2D eigenvalue weighted by atomic mass is 16.5. The van der Waals surface area contributed by atoms with E-state index in [1.165, 1.54) is 12.0 Å². The van der Waals surface area contributed by atoms with Crippen LogP contribution in [0.5, 0.6) is 0 Å². The lowest BCUT2D eigenvalue weighted by atomic mass is 10.4. The van der Waals surface area contributed by atoms with Crippen LogP contribution in [0.1, 0.15) is 23.4 Å². The summed E-state index contributed by atoms with van der Waals surface area (Å²) in [4.78, 5) is 27.9. The zero-order valence-electron chi connectivity index (χ0n) is 9.39. The van der Waals surface area contributed by atoms with E-state index in [1.54, 1.807) is 13.8 Å². The summed E-state index contributed by atoms with van der Waals surface area (Å²) in [6.07, 6.45) is 0. The molecule has 7 heteroatoms. The third-order valence-electron chi connectivity index (χ3n) is 1.94. The third-order valence-corrected chi connectivity index (χ3v) is 1.94. The largest absolute Gasteiger partial charge is 0.468 e. The van der Waals surface area contributed by atoms with E-state index in [0.29, 0.717) is 12.4 Å². The molecular weight excluding hydrogens is 214 g/mol. The second kappa shape index (κ2) is 5.24. The van der Waals surface area contributed by atoms with E-state index in [1.807, 2.05) is 0 Å². The second-order valence-corrected chi connectivity index (χ2v) is 3.03. The van der Waals surface area contributed by atoms with Gasteiger partial charge in [-0.3, -0.25) is 9.59 Å². The van der Waals surface area contributed by atoms with Gasteiger partial charge < -0.3 is 14.2 Å². The molecule has 0 unspecified atom stereocenters. The van der Waals surface area contributed by atoms with Crippen LogP contribution in [0, 0.1) is 6.92 Å². The van der Waals surface area contributed by atoms with Crippen molar-refractivity contribution in [2.75, 3.05) is 20.2 Å². The van der Waals surface area contributed by atoms with E-state index in [-0.39, 0.29) is 12.4 Å². The van der Waals surface area contributed by atoms with Gasteiger partial charge in [-0.25, -0.2) is 0 Å². The molecule has 1 aromatic heterocycles. The smallest absolute Gasteiger partial charge is 0.325 e. The molecule has 0 N–H and O–H groups in total. The van der Waals surface area contributed by atoms with Crippen molar-refractivity contribution in [1.29, 1.82) is 0 Å². The Morgan fingerprint density at radius 1 is 1.50 bits per heavy atom. The van der Waals surface area contributed by atoms with Gasteiger partial charge in [0.05, 0.1) is 7.11 Å². The van der Waals surface area contributed by atoms with Crippen LogP contribution in [-0.2, 0) is 9.53 Å². The number of carbonyl (C=O) groups is 2. The summed E-state index contributed by atoms with van der Waals surface area (Å²) in [7, 11) is 1.26. The van der Waals surface area contributed by atoms with Gasteiger partial charge in [-0.2, -0.15) is 4.98 Å². The number of methoxy groups -OCH3 is 1. The maximum Gasteiger partial charge on any atom is 0.325 e. The molecule has 7 nitrogen and oxygen atoms in total. The van der Waals surface area contributed by atoms with Crippen LogP contribution in [0.25, 0.3) is 0 Å². The van der Waals surface area contributed by atoms with E-state index in [2.05, 4.69) is 19.4 Å². The number of esters is 1. The number of aryl methyl sites for hydroxylation is 1. The van der Waals surface area contributed by atoms with Gasteiger partial charge in [0.1, 0.15) is 6.54 Å². The van der Waals surface area contributed by atoms with Crippen molar-refractivity contribution in [2.45, 2.75) is 13.8 Å². The lowest BCUT2D eigenvalue weighted by molar-refractivity contribution is -0.141. The van der Waals surface area contributed by atoms with E-state index < -0.39 is 11.9 Å². The monoisotopic (exact) mass is 227 g/mol. The van der Waals surface area contributed by atoms with E-state index in [9.17, 15) is 9.59 Å². The van der Waals surface area contributed by atoms with E-state index in [0.717, 1.165) is 0 Å². The molecule has 1 rings (SSSR count). The molecule has 1 aromatic rings. The Kier molecular flexibility index (Phi) is 3.98. The lowest BCUT2D eigenvalue weighted by Crippen LogP contribution is -2.36. The lowest BCUT2D eigenvalue weighted by Gasteiger charge is -2.16. The SMILES string of the molecule is CCN(CC(=O)OC)C(=O)c1noc(C)n1. The molecule has 0 aliphatic carbocycles. The maximum absolute atomic E-state index is 11.8. The highest BCUT2D eigenvalue weighted by molar-refractivity contribution is 5.92. The predicted octanol–water partition coefficient (Wildman–Crippen LogP) is 0.0131. The fourth-order valence-electron chi connectivity index (χ4n) is 1.08. The van der Waals surface area contributed by atoms with Crippen molar-refractivity contribution in [3.05, 3.63) is 11.7 Å². The van der Waals surface area contributed by atoms with Crippen molar-refractivity contribution in [3.63, 3.8) is 0 Å². The van der Waals surface area contributed by atoms with Gasteiger partial charge in [0.25, 0.3) is 11.7 Å². The molecule has 0 radical (unpaired) electrons. The molecule has 0 aliphatic rings. The van der Waals surface area contributed by atoms with Crippen molar-refractivity contribution in [3.8, 4) is 0 Å². The van der Waals surface area contributed by atoms with Gasteiger partial charge in [-0.1, -0.05) is 5.16 Å². The number of amides is 1. The van der Waals surface area contributed by atoms with Crippen molar-refractivity contribution < 1.29 is 18.8 Å². The molecular formula is C9H13N3O4. The van der Waals surface area contributed by atoms with Gasteiger partial charge in [-0.05, 0) is 6.92 Å². The van der Waals surface area contributed by atoms with Gasteiger partial charge >= 0.3 is 5.97 Å². The Balaban J connectivity index is 2.73. The Morgan fingerprint density at radius 2 is 2.19 bits per heavy atom. The Bertz CT molecular complexity index is 388. The normalized spacial score (nSPS) is 9.94. The van der Waals surface area contributed by atoms with Crippen molar-refractivity contribution in [1.82, 2.24) is 15.0 Å². The molecule has 0 saturated carbocycles. The highest BCUT2D eigenvalue weighted by Gasteiger charge is 2.21. The number of aromatic nitrogens is 2. The average molecular weight is 227 g/mol. The van der Waals surface area contributed by atoms with E-state index >= 15 is 0 Å². The fourth-order valence-corrected chi connectivity index (χ4v) is 1.08. The standard InChI is InChI=1S/C9H13N3O4/c1-4-12(5-7(13)15-3)9(14)8-10-6(2)16-11-8/h4-5H2,1-3H3. The number of carbonyl (C=O) groups excluding carboxylic acids is 2. The minimum atomic E-state index is -0.490. The maximum atomic E-state index is 11.8. The Hall–Kier alpha value is -1.92. The first-order valence-corrected chi connectivity index (χ1v) is 4.74. The summed E-state index contributed by atoms with van der Waals surface area (Å²) in [6.45, 7) is 3.56. The topological polar surface area (TPSA) is 85.5 Å². The first-order chi connectivity index (χ1) is 7.58. The summed E-state index contributed by atoms with van der Waals surface area (Å²) >= 11 is 0. The zero-order valence-corrected chi connectivity index (χ0v) is 9.39. The second-order valence-electron chi connectivity index (χ2n) is 3.03. The minimum Gasteiger partial charge on any atom is -0.468 e. The number of hydrogen-bond acceptors (Lipinski definition) is 6. The zero-order chi connectivity index (χ0) is 12.1. The number of ether oxygens (including phenoxy) is 1. The third kappa shape index (κ3) is 2.78. The van der Waals surface area contributed by atoms with Gasteiger partial charge in [0, 0.05) is 13.5 Å². The molecule has 0 spiro atoms. The van der Waals surface area contributed by atoms with Crippen LogP contribution in [0.3, 0.4) is 0 Å². The van der Waals surface area contributed by atoms with Crippen LogP contribution < -0.4 is 0 Å². The van der Waals surface area contributed by atoms with Crippen LogP contribution in [0.2, 0.25) is 0 Å². The van der Waals surface area contributed by atoms with Crippen LogP contribution in [0.4, 0.5) is 0 Å². The summed E-state index contributed by atoms with van der Waals surface area (Å²) in [5.41, 5.74) is 0. The van der Waals surface area contributed by atoms with Gasteiger partial charge in [-0.15, -0.1) is 0 Å². The summed E-state index contributed by atoms with van der Waals surface area (Å²) < 4.78 is 9.16. The molecule has 0 aliphatic heterocycles. The van der Waals surface area contributed by atoms with Crippen LogP contribution in [0.15, 0.2) is 4.52 Å². The Labute approximate surface area is 92.4 Å². The predicted molar refractivity (Wildman–Crippen MR) is 52.6 cm³/mol. The quantitative estimate of drug-likeness (QED) is 0.674. The van der Waals surface area contributed by atoms with E-state index in [4.69, 9.17) is 0 Å². The molecule has 0 aromatic carbocycles. The summed E-state index contributed by atoms with van der Waals surface area (Å²) in [6, 6.07) is 0. The first kappa shape index (κ1) is 12.2. The molecule has 1 amide bonds. The summed E-state index contributed by atoms with van der Waals surface area (Å²) in [5.74, 6) is -0.694.